The minimum Gasteiger partial charge on any atom is -0.493 e. The normalized spacial score (nSPS) is 16.6. The van der Waals surface area contributed by atoms with Crippen LogP contribution >= 0.6 is 24.0 Å². The predicted molar refractivity (Wildman–Crippen MR) is 111 cm³/mol. The van der Waals surface area contributed by atoms with Crippen molar-refractivity contribution in [1.82, 2.24) is 15.5 Å². The number of hydrogen-bond donors (Lipinski definition) is 2. The number of guanidine groups is 1. The van der Waals surface area contributed by atoms with E-state index >= 15 is 0 Å². The van der Waals surface area contributed by atoms with Gasteiger partial charge in [-0.1, -0.05) is 37.2 Å². The fourth-order valence-corrected chi connectivity index (χ4v) is 2.75. The van der Waals surface area contributed by atoms with E-state index in [4.69, 9.17) is 15.0 Å². The van der Waals surface area contributed by atoms with Crippen LogP contribution < -0.4 is 15.8 Å². The van der Waals surface area contributed by atoms with Gasteiger partial charge in [0.15, 0.2) is 11.8 Å². The minimum atomic E-state index is 0. The largest absolute Gasteiger partial charge is 0.493 e. The van der Waals surface area contributed by atoms with Gasteiger partial charge in [0.2, 0.25) is 5.89 Å². The Bertz CT molecular complexity index is 732. The van der Waals surface area contributed by atoms with Crippen LogP contribution in [0.2, 0.25) is 0 Å². The third kappa shape index (κ3) is 5.33. The lowest BCUT2D eigenvalue weighted by Crippen LogP contribution is -2.37. The molecule has 1 aromatic carbocycles. The topological polar surface area (TPSA) is 98.6 Å². The standard InChI is InChI=1S/C18H25N5O2.HI/c1-12(2)17-22-16(25-23-17)8-5-10-20-18(19)21-14-9-11-24-15-7-4-3-6-13(14)15;/h3-4,6-7,12,14H,5,8-11H2,1-2H3,(H3,19,20,21);1H. The van der Waals surface area contributed by atoms with Crippen LogP contribution in [0.15, 0.2) is 33.8 Å². The number of fused-ring (bicyclic) bond motifs is 1. The first kappa shape index (κ1) is 20.5. The van der Waals surface area contributed by atoms with Gasteiger partial charge < -0.3 is 20.3 Å². The summed E-state index contributed by atoms with van der Waals surface area (Å²) < 4.78 is 10.9. The number of nitrogens with one attached hydrogen (secondary N) is 1. The van der Waals surface area contributed by atoms with Crippen molar-refractivity contribution >= 4 is 29.9 Å². The highest BCUT2D eigenvalue weighted by Crippen LogP contribution is 2.31. The van der Waals surface area contributed by atoms with Crippen molar-refractivity contribution in [2.75, 3.05) is 13.2 Å². The van der Waals surface area contributed by atoms with Crippen molar-refractivity contribution in [3.05, 3.63) is 41.5 Å². The molecule has 0 aliphatic carbocycles. The zero-order chi connectivity index (χ0) is 17.6. The number of aliphatic imine (C=N–C) groups is 1. The monoisotopic (exact) mass is 471 g/mol. The highest BCUT2D eigenvalue weighted by atomic mass is 127. The number of nitrogens with zero attached hydrogens (tertiary/aromatic N) is 3. The Balaban J connectivity index is 0.00000243. The number of hydrogen-bond acceptors (Lipinski definition) is 5. The third-order valence-corrected chi connectivity index (χ3v) is 4.11. The molecule has 142 valence electrons. The maximum atomic E-state index is 6.03. The molecule has 26 heavy (non-hydrogen) atoms. The first-order valence-corrected chi connectivity index (χ1v) is 8.74. The van der Waals surface area contributed by atoms with Crippen molar-refractivity contribution < 1.29 is 9.26 Å². The van der Waals surface area contributed by atoms with E-state index in [0.717, 1.165) is 30.0 Å². The number of nitrogens with two attached hydrogens (primary N) is 1. The van der Waals surface area contributed by atoms with Gasteiger partial charge in [0, 0.05) is 30.9 Å². The van der Waals surface area contributed by atoms with Gasteiger partial charge in [-0.15, -0.1) is 24.0 Å². The van der Waals surface area contributed by atoms with Gasteiger partial charge >= 0.3 is 0 Å². The summed E-state index contributed by atoms with van der Waals surface area (Å²) in [6.45, 7) is 5.37. The molecule has 0 spiro atoms. The van der Waals surface area contributed by atoms with E-state index in [9.17, 15) is 0 Å². The molecule has 8 heteroatoms. The van der Waals surface area contributed by atoms with E-state index in [1.54, 1.807) is 0 Å². The number of aryl methyl sites for hydroxylation is 1. The summed E-state index contributed by atoms with van der Waals surface area (Å²) in [5.74, 6) is 3.05. The van der Waals surface area contributed by atoms with Gasteiger partial charge in [-0.3, -0.25) is 4.99 Å². The maximum Gasteiger partial charge on any atom is 0.226 e. The number of aromatic nitrogens is 2. The Morgan fingerprint density at radius 3 is 2.96 bits per heavy atom. The fourth-order valence-electron chi connectivity index (χ4n) is 2.75. The number of para-hydroxylation sites is 1. The molecule has 7 nitrogen and oxygen atoms in total. The Morgan fingerprint density at radius 1 is 1.38 bits per heavy atom. The van der Waals surface area contributed by atoms with E-state index < -0.39 is 0 Å². The lowest BCUT2D eigenvalue weighted by atomic mass is 10.0. The van der Waals surface area contributed by atoms with Crippen molar-refractivity contribution in [3.63, 3.8) is 0 Å². The molecule has 2 aromatic rings. The Kier molecular flexibility index (Phi) is 7.67. The summed E-state index contributed by atoms with van der Waals surface area (Å²) >= 11 is 0. The molecule has 0 bridgehead atoms. The van der Waals surface area contributed by atoms with Crippen LogP contribution in [-0.4, -0.2) is 29.3 Å². The summed E-state index contributed by atoms with van der Waals surface area (Å²) in [7, 11) is 0. The third-order valence-electron chi connectivity index (χ3n) is 4.11. The second kappa shape index (κ2) is 9.75. The molecule has 1 aromatic heterocycles. The molecule has 0 fully saturated rings. The molecule has 3 rings (SSSR count). The van der Waals surface area contributed by atoms with Crippen LogP contribution in [-0.2, 0) is 6.42 Å². The number of benzene rings is 1. The summed E-state index contributed by atoms with van der Waals surface area (Å²) in [4.78, 5) is 8.76. The van der Waals surface area contributed by atoms with E-state index in [1.807, 2.05) is 32.0 Å². The first-order chi connectivity index (χ1) is 12.1. The second-order valence-corrected chi connectivity index (χ2v) is 6.44. The zero-order valence-electron chi connectivity index (χ0n) is 15.1. The highest BCUT2D eigenvalue weighted by Gasteiger charge is 2.21. The molecule has 2 heterocycles. The van der Waals surface area contributed by atoms with Crippen molar-refractivity contribution in [2.45, 2.75) is 45.1 Å². The zero-order valence-corrected chi connectivity index (χ0v) is 17.5. The van der Waals surface area contributed by atoms with Crippen LogP contribution in [0.1, 0.15) is 55.9 Å². The van der Waals surface area contributed by atoms with E-state index in [1.165, 1.54) is 0 Å². The molecule has 1 atom stereocenters. The Labute approximate surface area is 170 Å². The van der Waals surface area contributed by atoms with Crippen LogP contribution in [0.4, 0.5) is 0 Å². The molecule has 3 N–H and O–H groups in total. The number of halogens is 1. The van der Waals surface area contributed by atoms with Gasteiger partial charge in [0.25, 0.3) is 0 Å². The lowest BCUT2D eigenvalue weighted by molar-refractivity contribution is 0.262. The second-order valence-electron chi connectivity index (χ2n) is 6.44. The molecule has 1 unspecified atom stereocenters. The predicted octanol–water partition coefficient (Wildman–Crippen LogP) is 3.17. The number of ether oxygens (including phenoxy) is 1. The van der Waals surface area contributed by atoms with Crippen LogP contribution in [0.25, 0.3) is 0 Å². The van der Waals surface area contributed by atoms with E-state index in [-0.39, 0.29) is 35.9 Å². The van der Waals surface area contributed by atoms with Gasteiger partial charge in [-0.25, -0.2) is 0 Å². The molecule has 1 aliphatic heterocycles. The quantitative estimate of drug-likeness (QED) is 0.291. The van der Waals surface area contributed by atoms with Crippen molar-refractivity contribution in [2.24, 2.45) is 10.7 Å². The minimum absolute atomic E-state index is 0. The van der Waals surface area contributed by atoms with Gasteiger partial charge in [-0.05, 0) is 12.5 Å². The maximum absolute atomic E-state index is 6.03. The fraction of sp³-hybridized carbons (Fsp3) is 0.500. The van der Waals surface area contributed by atoms with Crippen LogP contribution in [0, 0.1) is 0 Å². The lowest BCUT2D eigenvalue weighted by Gasteiger charge is -2.26. The summed E-state index contributed by atoms with van der Waals surface area (Å²) in [5, 5.41) is 7.25. The van der Waals surface area contributed by atoms with Gasteiger partial charge in [-0.2, -0.15) is 4.98 Å². The van der Waals surface area contributed by atoms with E-state index in [2.05, 4.69) is 26.5 Å². The summed E-state index contributed by atoms with van der Waals surface area (Å²) in [6, 6.07) is 8.15. The molecule has 0 amide bonds. The molecular weight excluding hydrogens is 445 g/mol. The molecule has 0 saturated heterocycles. The van der Waals surface area contributed by atoms with Crippen molar-refractivity contribution in [1.29, 1.82) is 0 Å². The number of rotatable bonds is 6. The van der Waals surface area contributed by atoms with Crippen molar-refractivity contribution in [3.8, 4) is 5.75 Å². The van der Waals surface area contributed by atoms with Crippen LogP contribution in [0.5, 0.6) is 5.75 Å². The molecule has 0 saturated carbocycles. The molecular formula is C18H26IN5O2. The average Bonchev–Trinajstić information content (AvgIpc) is 3.08. The molecule has 0 radical (unpaired) electrons. The Morgan fingerprint density at radius 2 is 2.19 bits per heavy atom. The average molecular weight is 471 g/mol. The van der Waals surface area contributed by atoms with Crippen LogP contribution in [0.3, 0.4) is 0 Å². The highest BCUT2D eigenvalue weighted by molar-refractivity contribution is 14.0. The van der Waals surface area contributed by atoms with Gasteiger partial charge in [0.1, 0.15) is 5.75 Å². The summed E-state index contributed by atoms with van der Waals surface area (Å²) in [6.07, 6.45) is 2.39. The first-order valence-electron chi connectivity index (χ1n) is 8.74. The van der Waals surface area contributed by atoms with Gasteiger partial charge in [0.05, 0.1) is 12.6 Å². The SMILES string of the molecule is CC(C)c1noc(CCCN=C(N)NC2CCOc3ccccc32)n1.I. The molecule has 1 aliphatic rings. The van der Waals surface area contributed by atoms with E-state index in [0.29, 0.717) is 31.4 Å². The smallest absolute Gasteiger partial charge is 0.226 e. The summed E-state index contributed by atoms with van der Waals surface area (Å²) in [5.41, 5.74) is 7.16. The Hall–Kier alpha value is -1.84.